The lowest BCUT2D eigenvalue weighted by atomic mass is 9.35. The molecule has 1 aromatic heterocycles. The van der Waals surface area contributed by atoms with Gasteiger partial charge in [-0.3, -0.25) is 9.79 Å². The van der Waals surface area contributed by atoms with Gasteiger partial charge in [0.15, 0.2) is 11.5 Å². The van der Waals surface area contributed by atoms with E-state index in [0.717, 1.165) is 47.4 Å². The number of piperazine rings is 1. The number of fused-ring (bicyclic) bond motifs is 1. The number of carbonyl (C=O) groups is 2. The number of hydrogen-bond acceptors (Lipinski definition) is 8. The first kappa shape index (κ1) is 33.8. The van der Waals surface area contributed by atoms with Crippen LogP contribution in [0.15, 0.2) is 75.2 Å². The molecule has 0 bridgehead atoms. The first-order valence-corrected chi connectivity index (χ1v) is 16.0. The fraction of sp³-hybridized carbons (Fsp3) is 0.471. The van der Waals surface area contributed by atoms with Crippen molar-refractivity contribution in [2.45, 2.75) is 71.2 Å². The lowest BCUT2D eigenvalue weighted by Gasteiger charge is -2.36. The third-order valence-electron chi connectivity index (χ3n) is 8.35. The number of amides is 2. The second kappa shape index (κ2) is 16.8. The predicted octanol–water partition coefficient (Wildman–Crippen LogP) is 5.74. The molecule has 5 rings (SSSR count). The van der Waals surface area contributed by atoms with Crippen molar-refractivity contribution >= 4 is 35.9 Å². The van der Waals surface area contributed by atoms with Gasteiger partial charge in [0.05, 0.1) is 13.2 Å². The summed E-state index contributed by atoms with van der Waals surface area (Å²) in [4.78, 5) is 34.9. The number of nitrogens with zero attached hydrogens (tertiary/aromatic N) is 3. The number of rotatable bonds is 10. The molecular weight excluding hydrogens is 569 g/mol. The largest absolute Gasteiger partial charge is 0.493 e. The average Bonchev–Trinajstić information content (AvgIpc) is 3.64. The SMILES string of the molecule is C=C/C=C(\C=C/C)C1=C(C(=O)N2CCNCC2CCOc2ccc3oc(C)nc3c2)N=CB1C1CCCCC1.CCOC(N)=O. The van der Waals surface area contributed by atoms with Crippen LogP contribution in [0.3, 0.4) is 0 Å². The summed E-state index contributed by atoms with van der Waals surface area (Å²) < 4.78 is 15.8. The van der Waals surface area contributed by atoms with Crippen LogP contribution >= 0.6 is 0 Å². The van der Waals surface area contributed by atoms with Crippen molar-refractivity contribution in [1.29, 1.82) is 0 Å². The number of ether oxygens (including phenoxy) is 2. The Kier molecular flexibility index (Phi) is 12.6. The smallest absolute Gasteiger partial charge is 0.404 e. The van der Waals surface area contributed by atoms with Gasteiger partial charge in [0.25, 0.3) is 5.91 Å². The molecule has 1 unspecified atom stereocenters. The highest BCUT2D eigenvalue weighted by atomic mass is 16.5. The zero-order chi connectivity index (χ0) is 32.2. The minimum Gasteiger partial charge on any atom is -0.493 e. The molecule has 3 aliphatic rings. The molecule has 3 N–H and O–H groups in total. The lowest BCUT2D eigenvalue weighted by Crippen LogP contribution is -2.54. The Morgan fingerprint density at radius 3 is 2.76 bits per heavy atom. The van der Waals surface area contributed by atoms with Gasteiger partial charge in [-0.25, -0.2) is 9.78 Å². The van der Waals surface area contributed by atoms with E-state index in [0.29, 0.717) is 37.2 Å². The highest BCUT2D eigenvalue weighted by Crippen LogP contribution is 2.39. The van der Waals surface area contributed by atoms with Gasteiger partial charge in [0.1, 0.15) is 17.0 Å². The summed E-state index contributed by atoms with van der Waals surface area (Å²) in [5.74, 6) is 1.94. The molecule has 1 atom stereocenters. The monoisotopic (exact) mass is 615 g/mol. The molecule has 2 amide bonds. The van der Waals surface area contributed by atoms with E-state index < -0.39 is 6.09 Å². The first-order chi connectivity index (χ1) is 21.9. The van der Waals surface area contributed by atoms with Gasteiger partial charge in [0.2, 0.25) is 6.71 Å². The summed E-state index contributed by atoms with van der Waals surface area (Å²) in [6.07, 6.45) is 16.2. The normalized spacial score (nSPS) is 19.2. The number of hydrogen-bond donors (Lipinski definition) is 2. The van der Waals surface area contributed by atoms with Gasteiger partial charge in [-0.15, -0.1) is 0 Å². The predicted molar refractivity (Wildman–Crippen MR) is 180 cm³/mol. The molecule has 10 nitrogen and oxygen atoms in total. The maximum Gasteiger partial charge on any atom is 0.404 e. The third kappa shape index (κ3) is 8.97. The Labute approximate surface area is 266 Å². The Balaban J connectivity index is 0.000000700. The maximum atomic E-state index is 14.1. The molecule has 2 aliphatic heterocycles. The zero-order valence-corrected chi connectivity index (χ0v) is 26.8. The molecular formula is C34H46BN5O5. The van der Waals surface area contributed by atoms with Crippen LogP contribution in [0.2, 0.25) is 5.82 Å². The van der Waals surface area contributed by atoms with E-state index in [2.05, 4.69) is 33.4 Å². The van der Waals surface area contributed by atoms with Crippen molar-refractivity contribution in [2.75, 3.05) is 32.8 Å². The Morgan fingerprint density at radius 2 is 2.07 bits per heavy atom. The molecule has 1 aromatic carbocycles. The highest BCUT2D eigenvalue weighted by molar-refractivity contribution is 6.94. The highest BCUT2D eigenvalue weighted by Gasteiger charge is 2.39. The van der Waals surface area contributed by atoms with E-state index in [4.69, 9.17) is 14.1 Å². The summed E-state index contributed by atoms with van der Waals surface area (Å²) in [6, 6.07) is 5.71. The van der Waals surface area contributed by atoms with E-state index in [9.17, 15) is 9.59 Å². The number of oxazole rings is 1. The maximum absolute atomic E-state index is 14.1. The van der Waals surface area contributed by atoms with Crippen LogP contribution in [-0.4, -0.2) is 73.6 Å². The molecule has 0 spiro atoms. The third-order valence-corrected chi connectivity index (χ3v) is 8.35. The van der Waals surface area contributed by atoms with E-state index in [1.165, 1.54) is 32.1 Å². The number of benzene rings is 1. The number of nitrogens with one attached hydrogen (secondary N) is 1. The van der Waals surface area contributed by atoms with E-state index in [-0.39, 0.29) is 18.7 Å². The minimum atomic E-state index is -0.711. The lowest BCUT2D eigenvalue weighted by molar-refractivity contribution is -0.130. The van der Waals surface area contributed by atoms with Crippen molar-refractivity contribution in [3.63, 3.8) is 0 Å². The van der Waals surface area contributed by atoms with Gasteiger partial charge in [-0.2, -0.15) is 0 Å². The fourth-order valence-electron chi connectivity index (χ4n) is 6.34. The number of aromatic nitrogens is 1. The van der Waals surface area contributed by atoms with Crippen LogP contribution in [0.1, 0.15) is 58.3 Å². The van der Waals surface area contributed by atoms with E-state index >= 15 is 0 Å². The summed E-state index contributed by atoms with van der Waals surface area (Å²) in [6.45, 7) is 12.7. The molecule has 2 fully saturated rings. The molecule has 2 aromatic rings. The minimum absolute atomic E-state index is 0.0185. The second-order valence-corrected chi connectivity index (χ2v) is 11.4. The number of aryl methyl sites for hydroxylation is 1. The molecule has 1 aliphatic carbocycles. The van der Waals surface area contributed by atoms with Gasteiger partial charge >= 0.3 is 6.09 Å². The standard InChI is InChI=1S/C31H39BN4O3.C3H7NO2/c1-4-9-23(10-5-2)29-30(34-21-32(29)24-11-7-6-8-12-24)31(37)36-17-16-33-20-25(36)15-18-38-26-13-14-28-27(19-26)35-22(3)39-28;1-2-6-3(4)5/h4-5,9-10,13-14,19,21,24-25,33H,1,6-8,11-12,15-18,20H2,2-3H3;2H2,1H3,(H2,4,5)/b10-5-,23-9+;. The Morgan fingerprint density at radius 1 is 1.27 bits per heavy atom. The molecule has 45 heavy (non-hydrogen) atoms. The second-order valence-electron chi connectivity index (χ2n) is 11.4. The van der Waals surface area contributed by atoms with Crippen molar-refractivity contribution in [1.82, 2.24) is 15.2 Å². The number of carbonyl (C=O) groups excluding carboxylic acids is 2. The zero-order valence-electron chi connectivity index (χ0n) is 26.8. The number of allylic oxidation sites excluding steroid dienone is 6. The molecule has 0 radical (unpaired) electrons. The van der Waals surface area contributed by atoms with Crippen LogP contribution < -0.4 is 15.8 Å². The Bertz CT molecular complexity index is 1460. The Hall–Kier alpha value is -4.12. The van der Waals surface area contributed by atoms with E-state index in [1.807, 2.05) is 61.3 Å². The van der Waals surface area contributed by atoms with Crippen molar-refractivity contribution in [2.24, 2.45) is 10.7 Å². The molecule has 1 saturated heterocycles. The van der Waals surface area contributed by atoms with Crippen molar-refractivity contribution in [3.8, 4) is 5.75 Å². The molecule has 240 valence electrons. The number of primary amides is 1. The molecule has 3 heterocycles. The van der Waals surface area contributed by atoms with Crippen LogP contribution in [0, 0.1) is 6.92 Å². The van der Waals surface area contributed by atoms with Crippen LogP contribution in [0.5, 0.6) is 5.75 Å². The van der Waals surface area contributed by atoms with Gasteiger partial charge in [-0.1, -0.05) is 68.8 Å². The molecule has 1 saturated carbocycles. The van der Waals surface area contributed by atoms with Crippen LogP contribution in [0.4, 0.5) is 4.79 Å². The first-order valence-electron chi connectivity index (χ1n) is 16.0. The van der Waals surface area contributed by atoms with E-state index in [1.54, 1.807) is 6.92 Å². The topological polar surface area (TPSA) is 132 Å². The number of aliphatic imine (C=N–C) groups is 1. The van der Waals surface area contributed by atoms with Gasteiger partial charge < -0.3 is 29.8 Å². The summed E-state index contributed by atoms with van der Waals surface area (Å²) >= 11 is 0. The number of nitrogens with two attached hydrogens (primary N) is 1. The summed E-state index contributed by atoms with van der Waals surface area (Å²) in [5, 5.41) is 3.46. The van der Waals surface area contributed by atoms with Gasteiger partial charge in [0, 0.05) is 45.1 Å². The average molecular weight is 616 g/mol. The summed E-state index contributed by atoms with van der Waals surface area (Å²) in [7, 11) is 0. The fourth-order valence-corrected chi connectivity index (χ4v) is 6.34. The summed E-state index contributed by atoms with van der Waals surface area (Å²) in [5.41, 5.74) is 8.78. The quantitative estimate of drug-likeness (QED) is 0.257. The van der Waals surface area contributed by atoms with Crippen LogP contribution in [-0.2, 0) is 9.53 Å². The molecule has 11 heteroatoms. The van der Waals surface area contributed by atoms with Crippen molar-refractivity contribution < 1.29 is 23.5 Å². The van der Waals surface area contributed by atoms with Crippen LogP contribution in [0.25, 0.3) is 11.1 Å². The van der Waals surface area contributed by atoms with Crippen molar-refractivity contribution in [3.05, 3.63) is 71.7 Å². The van der Waals surface area contributed by atoms with Gasteiger partial charge in [-0.05, 0) is 43.1 Å².